The summed E-state index contributed by atoms with van der Waals surface area (Å²) in [4.78, 5) is 0. The number of halogens is 1. The first-order chi connectivity index (χ1) is 9.68. The highest BCUT2D eigenvalue weighted by atomic mass is 19.1. The van der Waals surface area contributed by atoms with Crippen molar-refractivity contribution in [1.82, 2.24) is 5.32 Å². The fourth-order valence-electron chi connectivity index (χ4n) is 3.06. The second-order valence-electron chi connectivity index (χ2n) is 5.44. The second kappa shape index (κ2) is 5.19. The van der Waals surface area contributed by atoms with Crippen LogP contribution in [0, 0.1) is 5.82 Å². The highest BCUT2D eigenvalue weighted by Crippen LogP contribution is 2.45. The number of hydrogen-bond acceptors (Lipinski definition) is 3. The van der Waals surface area contributed by atoms with Crippen LogP contribution in [0.5, 0.6) is 0 Å². The van der Waals surface area contributed by atoms with Gasteiger partial charge >= 0.3 is 0 Å². The molecule has 1 unspecified atom stereocenters. The van der Waals surface area contributed by atoms with Crippen molar-refractivity contribution in [2.24, 2.45) is 0 Å². The minimum atomic E-state index is -0.241. The van der Waals surface area contributed by atoms with Crippen molar-refractivity contribution in [1.29, 1.82) is 0 Å². The molecule has 1 N–H and O–H groups in total. The van der Waals surface area contributed by atoms with E-state index in [1.807, 2.05) is 6.07 Å². The van der Waals surface area contributed by atoms with Crippen molar-refractivity contribution >= 4 is 11.0 Å². The van der Waals surface area contributed by atoms with Crippen LogP contribution in [0.25, 0.3) is 11.0 Å². The molecule has 3 nitrogen and oxygen atoms in total. The van der Waals surface area contributed by atoms with E-state index < -0.39 is 0 Å². The average molecular weight is 277 g/mol. The summed E-state index contributed by atoms with van der Waals surface area (Å²) in [6.45, 7) is 2.90. The lowest BCUT2D eigenvalue weighted by atomic mass is 9.73. The minimum Gasteiger partial charge on any atom is -0.459 e. The molecular formula is C16H20FNO2. The predicted octanol–water partition coefficient (Wildman–Crippen LogP) is 3.79. The average Bonchev–Trinajstić information content (AvgIpc) is 2.79. The van der Waals surface area contributed by atoms with Crippen LogP contribution in [0.4, 0.5) is 4.39 Å². The van der Waals surface area contributed by atoms with E-state index in [4.69, 9.17) is 9.15 Å². The summed E-state index contributed by atoms with van der Waals surface area (Å²) >= 11 is 0. The summed E-state index contributed by atoms with van der Waals surface area (Å²) in [7, 11) is 1.76. The Morgan fingerprint density at radius 2 is 2.20 bits per heavy atom. The second-order valence-corrected chi connectivity index (χ2v) is 5.44. The summed E-state index contributed by atoms with van der Waals surface area (Å²) in [5.41, 5.74) is 0.525. The van der Waals surface area contributed by atoms with E-state index in [9.17, 15) is 4.39 Å². The normalized spacial score (nSPS) is 18.9. The lowest BCUT2D eigenvalue weighted by Crippen LogP contribution is -2.50. The summed E-state index contributed by atoms with van der Waals surface area (Å²) in [6, 6.07) is 6.54. The fraction of sp³-hybridized carbons (Fsp3) is 0.500. The van der Waals surface area contributed by atoms with Crippen LogP contribution >= 0.6 is 0 Å². The minimum absolute atomic E-state index is 0.0155. The van der Waals surface area contributed by atoms with Crippen molar-refractivity contribution in [3.63, 3.8) is 0 Å². The van der Waals surface area contributed by atoms with E-state index in [1.54, 1.807) is 13.2 Å². The van der Waals surface area contributed by atoms with E-state index in [0.717, 1.165) is 36.1 Å². The third-order valence-corrected chi connectivity index (χ3v) is 4.32. The van der Waals surface area contributed by atoms with Crippen molar-refractivity contribution in [2.75, 3.05) is 13.7 Å². The Morgan fingerprint density at radius 3 is 2.80 bits per heavy atom. The molecule has 0 aliphatic heterocycles. The van der Waals surface area contributed by atoms with Gasteiger partial charge in [-0.2, -0.15) is 0 Å². The molecule has 1 heterocycles. The largest absolute Gasteiger partial charge is 0.459 e. The molecule has 1 aromatic carbocycles. The van der Waals surface area contributed by atoms with Gasteiger partial charge in [0.15, 0.2) is 0 Å². The molecule has 0 saturated heterocycles. The SMILES string of the molecule is CCNC(c1cc2cc(F)ccc2o1)C1(OC)CCC1. The molecule has 0 radical (unpaired) electrons. The zero-order chi connectivity index (χ0) is 14.2. The zero-order valence-electron chi connectivity index (χ0n) is 11.9. The maximum Gasteiger partial charge on any atom is 0.134 e. The topological polar surface area (TPSA) is 34.4 Å². The van der Waals surface area contributed by atoms with Gasteiger partial charge in [0, 0.05) is 12.5 Å². The van der Waals surface area contributed by atoms with E-state index in [2.05, 4.69) is 12.2 Å². The Kier molecular flexibility index (Phi) is 3.52. The van der Waals surface area contributed by atoms with Gasteiger partial charge in [-0.3, -0.25) is 0 Å². The summed E-state index contributed by atoms with van der Waals surface area (Å²) in [6.07, 6.45) is 3.21. The highest BCUT2D eigenvalue weighted by Gasteiger charge is 2.46. The number of ether oxygens (including phenoxy) is 1. The molecule has 1 atom stereocenters. The van der Waals surface area contributed by atoms with Crippen molar-refractivity contribution in [3.05, 3.63) is 35.8 Å². The molecule has 1 aliphatic rings. The van der Waals surface area contributed by atoms with Crippen LogP contribution in [-0.2, 0) is 4.74 Å². The van der Waals surface area contributed by atoms with Crippen molar-refractivity contribution in [3.8, 4) is 0 Å². The van der Waals surface area contributed by atoms with Crippen LogP contribution in [0.15, 0.2) is 28.7 Å². The van der Waals surface area contributed by atoms with E-state index in [-0.39, 0.29) is 17.5 Å². The molecule has 4 heteroatoms. The predicted molar refractivity (Wildman–Crippen MR) is 76.2 cm³/mol. The first-order valence-electron chi connectivity index (χ1n) is 7.16. The number of benzene rings is 1. The first-order valence-corrected chi connectivity index (χ1v) is 7.16. The number of likely N-dealkylation sites (N-methyl/N-ethyl adjacent to an activating group) is 1. The molecule has 1 fully saturated rings. The van der Waals surface area contributed by atoms with E-state index in [0.29, 0.717) is 0 Å². The van der Waals surface area contributed by atoms with Gasteiger partial charge in [0.1, 0.15) is 17.2 Å². The fourth-order valence-corrected chi connectivity index (χ4v) is 3.06. The van der Waals surface area contributed by atoms with Crippen LogP contribution < -0.4 is 5.32 Å². The highest BCUT2D eigenvalue weighted by molar-refractivity contribution is 5.78. The molecule has 108 valence electrons. The van der Waals surface area contributed by atoms with Gasteiger partial charge in [-0.25, -0.2) is 4.39 Å². The van der Waals surface area contributed by atoms with Crippen molar-refractivity contribution in [2.45, 2.75) is 37.8 Å². The third-order valence-electron chi connectivity index (χ3n) is 4.32. The molecule has 1 aromatic heterocycles. The summed E-state index contributed by atoms with van der Waals surface area (Å²) in [5.74, 6) is 0.587. The van der Waals surface area contributed by atoms with Crippen molar-refractivity contribution < 1.29 is 13.5 Å². The molecule has 0 spiro atoms. The van der Waals surface area contributed by atoms with E-state index >= 15 is 0 Å². The number of nitrogens with one attached hydrogen (secondary N) is 1. The molecule has 0 bridgehead atoms. The van der Waals surface area contributed by atoms with Gasteiger partial charge < -0.3 is 14.5 Å². The van der Waals surface area contributed by atoms with Crippen LogP contribution in [0.2, 0.25) is 0 Å². The maximum absolute atomic E-state index is 13.3. The van der Waals surface area contributed by atoms with Gasteiger partial charge in [-0.05, 0) is 50.1 Å². The molecular weight excluding hydrogens is 257 g/mol. The zero-order valence-corrected chi connectivity index (χ0v) is 11.9. The van der Waals surface area contributed by atoms with Gasteiger partial charge in [-0.1, -0.05) is 6.92 Å². The third kappa shape index (κ3) is 2.13. The summed E-state index contributed by atoms with van der Waals surface area (Å²) in [5, 5.41) is 4.26. The van der Waals surface area contributed by atoms with Crippen LogP contribution in [0.3, 0.4) is 0 Å². The van der Waals surface area contributed by atoms with Gasteiger partial charge in [0.05, 0.1) is 11.6 Å². The number of furan rings is 1. The van der Waals surface area contributed by atoms with Crippen LogP contribution in [-0.4, -0.2) is 19.3 Å². The Balaban J connectivity index is 2.00. The van der Waals surface area contributed by atoms with Gasteiger partial charge in [0.2, 0.25) is 0 Å². The standard InChI is InChI=1S/C16H20FNO2/c1-3-18-15(16(19-2)7-4-8-16)14-10-11-9-12(17)5-6-13(11)20-14/h5-6,9-10,15,18H,3-4,7-8H2,1-2H3. The van der Waals surface area contributed by atoms with E-state index in [1.165, 1.54) is 18.6 Å². The summed E-state index contributed by atoms with van der Waals surface area (Å²) < 4.78 is 25.0. The monoisotopic (exact) mass is 277 g/mol. The Bertz CT molecular complexity index is 598. The molecule has 20 heavy (non-hydrogen) atoms. The maximum atomic E-state index is 13.3. The Labute approximate surface area is 118 Å². The molecule has 1 saturated carbocycles. The van der Waals surface area contributed by atoms with Gasteiger partial charge in [-0.15, -0.1) is 0 Å². The van der Waals surface area contributed by atoms with Gasteiger partial charge in [0.25, 0.3) is 0 Å². The smallest absolute Gasteiger partial charge is 0.134 e. The Hall–Kier alpha value is -1.39. The van der Waals surface area contributed by atoms with Crippen LogP contribution in [0.1, 0.15) is 38.0 Å². The molecule has 0 amide bonds. The number of methoxy groups -OCH3 is 1. The molecule has 1 aliphatic carbocycles. The lowest BCUT2D eigenvalue weighted by Gasteiger charge is -2.45. The number of rotatable bonds is 5. The first kappa shape index (κ1) is 13.6. The Morgan fingerprint density at radius 1 is 1.40 bits per heavy atom. The quantitative estimate of drug-likeness (QED) is 0.903. The molecule has 2 aromatic rings. The number of hydrogen-bond donors (Lipinski definition) is 1. The lowest BCUT2D eigenvalue weighted by molar-refractivity contribution is -0.103. The number of fused-ring (bicyclic) bond motifs is 1. The molecule has 3 rings (SSSR count).